The number of anilines is 1. The molecule has 152 valence electrons. The molecule has 3 heterocycles. The number of hydrogen-bond donors (Lipinski definition) is 1. The molecule has 3 aromatic rings. The van der Waals surface area contributed by atoms with Gasteiger partial charge in [0.25, 0.3) is 0 Å². The van der Waals surface area contributed by atoms with Crippen LogP contribution in [-0.2, 0) is 12.8 Å². The largest absolute Gasteiger partial charge is 0.383 e. The third-order valence-electron chi connectivity index (χ3n) is 6.54. The van der Waals surface area contributed by atoms with E-state index in [-0.39, 0.29) is 0 Å². The molecule has 2 aromatic heterocycles. The predicted molar refractivity (Wildman–Crippen MR) is 124 cm³/mol. The number of hydrogen-bond acceptors (Lipinski definition) is 6. The fourth-order valence-electron chi connectivity index (χ4n) is 4.89. The molecule has 1 aromatic carbocycles. The molecule has 0 radical (unpaired) electrons. The summed E-state index contributed by atoms with van der Waals surface area (Å²) < 4.78 is 0. The summed E-state index contributed by atoms with van der Waals surface area (Å²) in [5.74, 6) is 2.33. The SMILES string of the molecule is CN1CCCC1CCSc1nc(N)c2c3c(sc2n1)CC(c1ccccc1)CC3. The Hall–Kier alpha value is -1.63. The Morgan fingerprint density at radius 3 is 2.86 bits per heavy atom. The minimum Gasteiger partial charge on any atom is -0.383 e. The normalized spacial score (nSPS) is 22.2. The van der Waals surface area contributed by atoms with Gasteiger partial charge in [-0.15, -0.1) is 11.3 Å². The topological polar surface area (TPSA) is 55.0 Å². The van der Waals surface area contributed by atoms with Gasteiger partial charge in [0.15, 0.2) is 5.16 Å². The van der Waals surface area contributed by atoms with Gasteiger partial charge in [-0.2, -0.15) is 0 Å². The molecule has 2 unspecified atom stereocenters. The van der Waals surface area contributed by atoms with Gasteiger partial charge in [0, 0.05) is 16.7 Å². The van der Waals surface area contributed by atoms with Gasteiger partial charge in [-0.3, -0.25) is 0 Å². The van der Waals surface area contributed by atoms with Crippen molar-refractivity contribution in [2.24, 2.45) is 0 Å². The molecule has 6 heteroatoms. The van der Waals surface area contributed by atoms with E-state index in [1.54, 1.807) is 11.8 Å². The molecule has 1 saturated heterocycles. The number of likely N-dealkylation sites (tertiary alicyclic amines) is 1. The molecule has 2 atom stereocenters. The molecule has 0 bridgehead atoms. The highest BCUT2D eigenvalue weighted by molar-refractivity contribution is 7.99. The smallest absolute Gasteiger partial charge is 0.190 e. The van der Waals surface area contributed by atoms with E-state index in [9.17, 15) is 0 Å². The number of thiophene rings is 1. The summed E-state index contributed by atoms with van der Waals surface area (Å²) in [4.78, 5) is 14.6. The lowest BCUT2D eigenvalue weighted by molar-refractivity contribution is 0.305. The first-order valence-corrected chi connectivity index (χ1v) is 12.4. The average Bonchev–Trinajstić information content (AvgIpc) is 3.31. The second kappa shape index (κ2) is 8.25. The second-order valence-corrected chi connectivity index (χ2v) is 10.5. The van der Waals surface area contributed by atoms with E-state index in [1.165, 1.54) is 48.2 Å². The van der Waals surface area contributed by atoms with Gasteiger partial charge < -0.3 is 10.6 Å². The minimum absolute atomic E-state index is 0.600. The Balaban J connectivity index is 1.33. The van der Waals surface area contributed by atoms with E-state index >= 15 is 0 Å². The van der Waals surface area contributed by atoms with Gasteiger partial charge >= 0.3 is 0 Å². The molecule has 29 heavy (non-hydrogen) atoms. The average molecular weight is 425 g/mol. The fraction of sp³-hybridized carbons (Fsp3) is 0.478. The van der Waals surface area contributed by atoms with Crippen molar-refractivity contribution in [3.05, 3.63) is 46.3 Å². The van der Waals surface area contributed by atoms with Gasteiger partial charge in [0.05, 0.1) is 5.39 Å². The highest BCUT2D eigenvalue weighted by Crippen LogP contribution is 2.42. The van der Waals surface area contributed by atoms with Crippen LogP contribution in [0.2, 0.25) is 0 Å². The van der Waals surface area contributed by atoms with Crippen LogP contribution in [0.25, 0.3) is 10.2 Å². The minimum atomic E-state index is 0.600. The molecule has 5 rings (SSSR count). The maximum Gasteiger partial charge on any atom is 0.190 e. The Morgan fingerprint density at radius 1 is 1.21 bits per heavy atom. The first-order valence-electron chi connectivity index (χ1n) is 10.6. The maximum atomic E-state index is 6.42. The van der Waals surface area contributed by atoms with E-state index in [1.807, 2.05) is 11.3 Å². The molecule has 1 aliphatic heterocycles. The lowest BCUT2D eigenvalue weighted by atomic mass is 9.83. The van der Waals surface area contributed by atoms with Crippen molar-refractivity contribution in [1.29, 1.82) is 0 Å². The summed E-state index contributed by atoms with van der Waals surface area (Å²) in [6, 6.07) is 11.6. The number of rotatable bonds is 5. The molecule has 2 aliphatic rings. The van der Waals surface area contributed by atoms with Crippen molar-refractivity contribution in [2.45, 2.75) is 55.6 Å². The molecule has 4 nitrogen and oxygen atoms in total. The molecule has 0 amide bonds. The van der Waals surface area contributed by atoms with E-state index in [0.29, 0.717) is 17.8 Å². The van der Waals surface area contributed by atoms with E-state index in [2.05, 4.69) is 47.3 Å². The van der Waals surface area contributed by atoms with Crippen LogP contribution >= 0.6 is 23.1 Å². The number of nitrogen functional groups attached to an aromatic ring is 1. The van der Waals surface area contributed by atoms with Crippen LogP contribution in [0, 0.1) is 0 Å². The van der Waals surface area contributed by atoms with Crippen LogP contribution in [0.15, 0.2) is 35.5 Å². The zero-order valence-corrected chi connectivity index (χ0v) is 18.6. The molecule has 0 saturated carbocycles. The van der Waals surface area contributed by atoms with Crippen LogP contribution in [0.4, 0.5) is 5.82 Å². The number of aromatic nitrogens is 2. The predicted octanol–water partition coefficient (Wildman–Crippen LogP) is 5.12. The Kier molecular flexibility index (Phi) is 5.50. The van der Waals surface area contributed by atoms with Crippen molar-refractivity contribution in [3.8, 4) is 0 Å². The van der Waals surface area contributed by atoms with Crippen LogP contribution in [0.5, 0.6) is 0 Å². The number of nitrogens with two attached hydrogens (primary N) is 1. The van der Waals surface area contributed by atoms with Crippen molar-refractivity contribution in [3.63, 3.8) is 0 Å². The Labute approximate surface area is 180 Å². The first kappa shape index (κ1) is 19.3. The van der Waals surface area contributed by atoms with E-state index in [0.717, 1.165) is 34.0 Å². The summed E-state index contributed by atoms with van der Waals surface area (Å²) in [7, 11) is 2.24. The summed E-state index contributed by atoms with van der Waals surface area (Å²) in [6.07, 6.45) is 7.18. The van der Waals surface area contributed by atoms with Crippen LogP contribution in [0.3, 0.4) is 0 Å². The van der Waals surface area contributed by atoms with Gasteiger partial charge in [-0.25, -0.2) is 9.97 Å². The molecular weight excluding hydrogens is 396 g/mol. The molecule has 1 aliphatic carbocycles. The quantitative estimate of drug-likeness (QED) is 0.455. The number of fused-ring (bicyclic) bond motifs is 3. The van der Waals surface area contributed by atoms with Crippen LogP contribution < -0.4 is 5.73 Å². The molecular formula is C23H28N4S2. The van der Waals surface area contributed by atoms with Gasteiger partial charge in [0.2, 0.25) is 0 Å². The molecule has 0 spiro atoms. The number of thioether (sulfide) groups is 1. The lowest BCUT2D eigenvalue weighted by Gasteiger charge is -2.22. The summed E-state index contributed by atoms with van der Waals surface area (Å²) >= 11 is 3.59. The maximum absolute atomic E-state index is 6.42. The van der Waals surface area contributed by atoms with E-state index < -0.39 is 0 Å². The highest BCUT2D eigenvalue weighted by Gasteiger charge is 2.26. The Bertz CT molecular complexity index is 1000. The fourth-order valence-corrected chi connectivity index (χ4v) is 7.15. The zero-order chi connectivity index (χ0) is 19.8. The van der Waals surface area contributed by atoms with Gasteiger partial charge in [-0.05, 0) is 69.2 Å². The number of nitrogens with zero attached hydrogens (tertiary/aromatic N) is 3. The summed E-state index contributed by atoms with van der Waals surface area (Å²) in [6.45, 7) is 1.23. The van der Waals surface area contributed by atoms with Crippen LogP contribution in [-0.4, -0.2) is 40.3 Å². The number of benzene rings is 1. The number of aryl methyl sites for hydroxylation is 1. The van der Waals surface area contributed by atoms with Crippen molar-refractivity contribution >= 4 is 39.1 Å². The van der Waals surface area contributed by atoms with E-state index in [4.69, 9.17) is 10.7 Å². The van der Waals surface area contributed by atoms with Crippen LogP contribution in [0.1, 0.15) is 47.6 Å². The molecule has 1 fully saturated rings. The summed E-state index contributed by atoms with van der Waals surface area (Å²) in [5, 5.41) is 1.96. The summed E-state index contributed by atoms with van der Waals surface area (Å²) in [5.41, 5.74) is 9.27. The van der Waals surface area contributed by atoms with Crippen molar-refractivity contribution in [1.82, 2.24) is 14.9 Å². The first-order chi connectivity index (χ1) is 14.2. The third kappa shape index (κ3) is 3.90. The van der Waals surface area contributed by atoms with Gasteiger partial charge in [-0.1, -0.05) is 42.1 Å². The monoisotopic (exact) mass is 424 g/mol. The second-order valence-electron chi connectivity index (χ2n) is 8.34. The standard InChI is InChI=1S/C23H28N4S2/c1-27-12-5-8-17(27)11-13-28-23-25-21(24)20-18-10-9-16(15-6-3-2-4-7-15)14-19(18)29-22(20)26-23/h2-4,6-7,16-17H,5,8-14H2,1H3,(H2,24,25,26). The Morgan fingerprint density at radius 2 is 2.07 bits per heavy atom. The third-order valence-corrected chi connectivity index (χ3v) is 8.57. The van der Waals surface area contributed by atoms with Crippen molar-refractivity contribution < 1.29 is 0 Å². The molecule has 2 N–H and O–H groups in total. The lowest BCUT2D eigenvalue weighted by Crippen LogP contribution is -2.25. The highest BCUT2D eigenvalue weighted by atomic mass is 32.2. The van der Waals surface area contributed by atoms with Crippen molar-refractivity contribution in [2.75, 3.05) is 25.1 Å². The van der Waals surface area contributed by atoms with Gasteiger partial charge in [0.1, 0.15) is 10.6 Å². The zero-order valence-electron chi connectivity index (χ0n) is 16.9.